The summed E-state index contributed by atoms with van der Waals surface area (Å²) in [7, 11) is 3.03. The van der Waals surface area contributed by atoms with Gasteiger partial charge in [-0.25, -0.2) is 4.98 Å². The lowest BCUT2D eigenvalue weighted by molar-refractivity contribution is 0.0974. The molecule has 0 spiro atoms. The SMILES string of the molecule is COc1ccc(C(=O)NC(=S)Nc2ccc(I)cn2)c(OC)c1. The van der Waals surface area contributed by atoms with Crippen LogP contribution in [0.3, 0.4) is 0 Å². The van der Waals surface area contributed by atoms with Gasteiger partial charge in [0, 0.05) is 15.8 Å². The number of nitrogens with zero attached hydrogens (tertiary/aromatic N) is 1. The summed E-state index contributed by atoms with van der Waals surface area (Å²) in [5.74, 6) is 1.17. The molecule has 8 heteroatoms. The van der Waals surface area contributed by atoms with E-state index in [2.05, 4.69) is 38.2 Å². The van der Waals surface area contributed by atoms with Gasteiger partial charge in [-0.15, -0.1) is 0 Å². The molecule has 0 unspecified atom stereocenters. The van der Waals surface area contributed by atoms with Crippen molar-refractivity contribution < 1.29 is 14.3 Å². The van der Waals surface area contributed by atoms with Crippen LogP contribution < -0.4 is 20.1 Å². The molecule has 0 bridgehead atoms. The third-order valence-corrected chi connectivity index (χ3v) is 3.69. The standard InChI is InChI=1S/C15H14IN3O3S/c1-21-10-4-5-11(12(7-10)22-2)14(20)19-15(23)18-13-6-3-9(16)8-17-13/h3-8H,1-2H3,(H2,17,18,19,20,23). The van der Waals surface area contributed by atoms with E-state index in [0.717, 1.165) is 3.57 Å². The van der Waals surface area contributed by atoms with Gasteiger partial charge in [0.15, 0.2) is 5.11 Å². The first-order valence-corrected chi connectivity index (χ1v) is 7.98. The second-order valence-electron chi connectivity index (χ2n) is 4.34. The van der Waals surface area contributed by atoms with Crippen LogP contribution in [0.15, 0.2) is 36.5 Å². The average Bonchev–Trinajstić information content (AvgIpc) is 2.56. The van der Waals surface area contributed by atoms with Gasteiger partial charge in [0.05, 0.1) is 19.8 Å². The first kappa shape index (κ1) is 17.4. The van der Waals surface area contributed by atoms with Gasteiger partial charge >= 0.3 is 0 Å². The van der Waals surface area contributed by atoms with Gasteiger partial charge in [0.2, 0.25) is 0 Å². The third kappa shape index (κ3) is 4.76. The zero-order chi connectivity index (χ0) is 16.8. The van der Waals surface area contributed by atoms with E-state index in [0.29, 0.717) is 22.9 Å². The molecule has 0 radical (unpaired) electrons. The Hall–Kier alpha value is -1.94. The number of halogens is 1. The van der Waals surface area contributed by atoms with Crippen molar-refractivity contribution in [1.82, 2.24) is 10.3 Å². The first-order chi connectivity index (χ1) is 11.0. The number of aromatic nitrogens is 1. The number of hydrogen-bond acceptors (Lipinski definition) is 5. The Morgan fingerprint density at radius 1 is 1.22 bits per heavy atom. The quantitative estimate of drug-likeness (QED) is 0.560. The molecular weight excluding hydrogens is 429 g/mol. The minimum absolute atomic E-state index is 0.154. The summed E-state index contributed by atoms with van der Waals surface area (Å²) in [6, 6.07) is 8.57. The highest BCUT2D eigenvalue weighted by atomic mass is 127. The highest BCUT2D eigenvalue weighted by Gasteiger charge is 2.14. The molecule has 1 heterocycles. The molecule has 0 aliphatic rings. The molecule has 23 heavy (non-hydrogen) atoms. The molecule has 0 fully saturated rings. The van der Waals surface area contributed by atoms with Crippen LogP contribution in [0.5, 0.6) is 11.5 Å². The zero-order valence-electron chi connectivity index (χ0n) is 12.4. The highest BCUT2D eigenvalue weighted by Crippen LogP contribution is 2.24. The Labute approximate surface area is 152 Å². The minimum atomic E-state index is -0.382. The molecule has 1 amide bonds. The predicted octanol–water partition coefficient (Wildman–Crippen LogP) is 2.83. The van der Waals surface area contributed by atoms with Crippen molar-refractivity contribution >= 4 is 51.6 Å². The number of benzene rings is 1. The fourth-order valence-electron chi connectivity index (χ4n) is 1.75. The lowest BCUT2D eigenvalue weighted by atomic mass is 10.2. The molecular formula is C15H14IN3O3S. The largest absolute Gasteiger partial charge is 0.497 e. The van der Waals surface area contributed by atoms with Crippen molar-refractivity contribution in [2.75, 3.05) is 19.5 Å². The topological polar surface area (TPSA) is 72.5 Å². The van der Waals surface area contributed by atoms with E-state index in [1.54, 1.807) is 37.6 Å². The van der Waals surface area contributed by atoms with Crippen molar-refractivity contribution in [3.05, 3.63) is 45.7 Å². The number of anilines is 1. The monoisotopic (exact) mass is 443 g/mol. The Morgan fingerprint density at radius 2 is 2.00 bits per heavy atom. The zero-order valence-corrected chi connectivity index (χ0v) is 15.4. The summed E-state index contributed by atoms with van der Waals surface area (Å²) in [5, 5.41) is 5.59. The molecule has 2 rings (SSSR count). The number of rotatable bonds is 4. The molecule has 6 nitrogen and oxygen atoms in total. The van der Waals surface area contributed by atoms with Gasteiger partial charge < -0.3 is 14.8 Å². The summed E-state index contributed by atoms with van der Waals surface area (Å²) in [4.78, 5) is 16.5. The predicted molar refractivity (Wildman–Crippen MR) is 100 cm³/mol. The van der Waals surface area contributed by atoms with Crippen molar-refractivity contribution in [3.63, 3.8) is 0 Å². The van der Waals surface area contributed by atoms with Gasteiger partial charge in [0.1, 0.15) is 17.3 Å². The number of carbonyl (C=O) groups is 1. The maximum absolute atomic E-state index is 12.3. The van der Waals surface area contributed by atoms with Crippen molar-refractivity contribution in [1.29, 1.82) is 0 Å². The van der Waals surface area contributed by atoms with Crippen LogP contribution in [0, 0.1) is 3.57 Å². The van der Waals surface area contributed by atoms with Crippen LogP contribution in [-0.4, -0.2) is 30.2 Å². The Morgan fingerprint density at radius 3 is 2.61 bits per heavy atom. The number of carbonyl (C=O) groups excluding carboxylic acids is 1. The molecule has 1 aromatic carbocycles. The molecule has 2 N–H and O–H groups in total. The second kappa shape index (κ2) is 8.06. The Kier molecular flexibility index (Phi) is 6.11. The fraction of sp³-hybridized carbons (Fsp3) is 0.133. The molecule has 0 saturated carbocycles. The second-order valence-corrected chi connectivity index (χ2v) is 5.99. The minimum Gasteiger partial charge on any atom is -0.497 e. The summed E-state index contributed by atoms with van der Waals surface area (Å²) in [5.41, 5.74) is 0.355. The van der Waals surface area contributed by atoms with Gasteiger partial charge in [-0.2, -0.15) is 0 Å². The van der Waals surface area contributed by atoms with E-state index in [4.69, 9.17) is 21.7 Å². The van der Waals surface area contributed by atoms with E-state index < -0.39 is 0 Å². The van der Waals surface area contributed by atoms with Crippen LogP contribution in [0.4, 0.5) is 5.82 Å². The highest BCUT2D eigenvalue weighted by molar-refractivity contribution is 14.1. The van der Waals surface area contributed by atoms with Crippen LogP contribution >= 0.6 is 34.8 Å². The van der Waals surface area contributed by atoms with Gasteiger partial charge in [-0.1, -0.05) is 0 Å². The van der Waals surface area contributed by atoms with E-state index in [-0.39, 0.29) is 11.0 Å². The number of methoxy groups -OCH3 is 2. The molecule has 1 aromatic heterocycles. The lowest BCUT2D eigenvalue weighted by Crippen LogP contribution is -2.34. The summed E-state index contributed by atoms with van der Waals surface area (Å²) in [6.07, 6.45) is 1.69. The van der Waals surface area contributed by atoms with E-state index in [9.17, 15) is 4.79 Å². The summed E-state index contributed by atoms with van der Waals surface area (Å²) in [6.45, 7) is 0. The van der Waals surface area contributed by atoms with Crippen LogP contribution in [0.1, 0.15) is 10.4 Å². The van der Waals surface area contributed by atoms with Crippen molar-refractivity contribution in [2.45, 2.75) is 0 Å². The molecule has 120 valence electrons. The Balaban J connectivity index is 2.06. The third-order valence-electron chi connectivity index (χ3n) is 2.85. The maximum atomic E-state index is 12.3. The van der Waals surface area contributed by atoms with E-state index >= 15 is 0 Å². The lowest BCUT2D eigenvalue weighted by Gasteiger charge is -2.12. The van der Waals surface area contributed by atoms with Crippen LogP contribution in [0.2, 0.25) is 0 Å². The smallest absolute Gasteiger partial charge is 0.261 e. The fourth-order valence-corrected chi connectivity index (χ4v) is 2.27. The molecule has 2 aromatic rings. The number of thiocarbonyl (C=S) groups is 1. The number of nitrogens with one attached hydrogen (secondary N) is 2. The number of pyridine rings is 1. The van der Waals surface area contributed by atoms with Crippen molar-refractivity contribution in [3.8, 4) is 11.5 Å². The van der Waals surface area contributed by atoms with E-state index in [1.807, 2.05) is 6.07 Å². The summed E-state index contributed by atoms with van der Waals surface area (Å²) >= 11 is 7.28. The van der Waals surface area contributed by atoms with Gasteiger partial charge in [0.25, 0.3) is 5.91 Å². The van der Waals surface area contributed by atoms with E-state index in [1.165, 1.54) is 7.11 Å². The number of hydrogen-bond donors (Lipinski definition) is 2. The molecule has 0 saturated heterocycles. The average molecular weight is 443 g/mol. The summed E-state index contributed by atoms with van der Waals surface area (Å²) < 4.78 is 11.3. The van der Waals surface area contributed by atoms with Crippen LogP contribution in [-0.2, 0) is 0 Å². The number of amides is 1. The normalized spacial score (nSPS) is 9.87. The van der Waals surface area contributed by atoms with Gasteiger partial charge in [-0.05, 0) is 59.1 Å². The maximum Gasteiger partial charge on any atom is 0.261 e. The Bertz CT molecular complexity index is 722. The van der Waals surface area contributed by atoms with Crippen molar-refractivity contribution in [2.24, 2.45) is 0 Å². The number of ether oxygens (including phenoxy) is 2. The molecule has 0 aliphatic heterocycles. The molecule has 0 aliphatic carbocycles. The molecule has 0 atom stereocenters. The first-order valence-electron chi connectivity index (χ1n) is 6.49. The van der Waals surface area contributed by atoms with Gasteiger partial charge in [-0.3, -0.25) is 10.1 Å². The van der Waals surface area contributed by atoms with Crippen LogP contribution in [0.25, 0.3) is 0 Å².